The summed E-state index contributed by atoms with van der Waals surface area (Å²) in [6, 6.07) is 4.95. The summed E-state index contributed by atoms with van der Waals surface area (Å²) >= 11 is 0. The van der Waals surface area contributed by atoms with Crippen molar-refractivity contribution in [3.63, 3.8) is 0 Å². The topological polar surface area (TPSA) is 73.3 Å². The van der Waals surface area contributed by atoms with Gasteiger partial charge in [0.1, 0.15) is 17.9 Å². The molecule has 0 atom stereocenters. The van der Waals surface area contributed by atoms with Crippen molar-refractivity contribution in [1.82, 2.24) is 0 Å². The maximum Gasteiger partial charge on any atom is 0.336 e. The number of hydrogen-bond acceptors (Lipinski definition) is 5. The molecule has 3 heterocycles. The fourth-order valence-corrected chi connectivity index (χ4v) is 3.73. The largest absolute Gasteiger partial charge is 0.508 e. The fraction of sp³-hybridized carbons (Fsp3) is 0.500. The average molecular weight is 332 g/mol. The number of ether oxygens (including phenoxy) is 2. The second-order valence-electron chi connectivity index (χ2n) is 6.76. The van der Waals surface area contributed by atoms with Gasteiger partial charge >= 0.3 is 5.63 Å². The third kappa shape index (κ3) is 2.81. The lowest BCUT2D eigenvalue weighted by Gasteiger charge is -2.35. The summed E-state index contributed by atoms with van der Waals surface area (Å²) in [5, 5.41) is 10.8. The van der Waals surface area contributed by atoms with Crippen LogP contribution in [0, 0.1) is 6.92 Å². The number of piperidine rings is 1. The van der Waals surface area contributed by atoms with Crippen LogP contribution in [-0.4, -0.2) is 37.2 Å². The first-order valence-corrected chi connectivity index (χ1v) is 8.42. The highest BCUT2D eigenvalue weighted by Crippen LogP contribution is 2.28. The van der Waals surface area contributed by atoms with E-state index in [1.165, 1.54) is 11.0 Å². The number of phenolic OH excluding ortho intramolecular Hbond substituents is 1. The minimum atomic E-state index is -0.378. The highest BCUT2D eigenvalue weighted by Gasteiger charge is 2.41. The molecule has 2 N–H and O–H groups in total. The van der Waals surface area contributed by atoms with Gasteiger partial charge in [-0.2, -0.15) is 0 Å². The fourth-order valence-electron chi connectivity index (χ4n) is 3.73. The summed E-state index contributed by atoms with van der Waals surface area (Å²) in [6.45, 7) is 5.73. The van der Waals surface area contributed by atoms with Crippen molar-refractivity contribution in [1.29, 1.82) is 0 Å². The molecule has 6 heteroatoms. The zero-order valence-corrected chi connectivity index (χ0v) is 13.8. The lowest BCUT2D eigenvalue weighted by molar-refractivity contribution is -0.922. The summed E-state index contributed by atoms with van der Waals surface area (Å²) in [5.41, 5.74) is 1.79. The molecule has 2 aliphatic heterocycles. The standard InChI is InChI=1S/C18H21NO5/c1-12-8-16-14(10-15(12)20)13(9-17(21)24-16)11-19-4-2-18(3-5-19)22-6-7-23-18/h8-10,20H,2-7,11H2,1H3/p+1. The van der Waals surface area contributed by atoms with Crippen LogP contribution in [0.4, 0.5) is 0 Å². The quantitative estimate of drug-likeness (QED) is 0.793. The Kier molecular flexibility index (Phi) is 3.83. The van der Waals surface area contributed by atoms with Gasteiger partial charge in [-0.05, 0) is 24.6 Å². The van der Waals surface area contributed by atoms with Crippen molar-refractivity contribution in [3.8, 4) is 5.75 Å². The molecule has 6 nitrogen and oxygen atoms in total. The molecule has 0 aliphatic carbocycles. The number of likely N-dealkylation sites (tertiary alicyclic amines) is 1. The van der Waals surface area contributed by atoms with E-state index in [0.717, 1.165) is 43.4 Å². The van der Waals surface area contributed by atoms with Crippen molar-refractivity contribution >= 4 is 11.0 Å². The van der Waals surface area contributed by atoms with E-state index in [2.05, 4.69) is 0 Å². The number of aromatic hydroxyl groups is 1. The summed E-state index contributed by atoms with van der Waals surface area (Å²) in [7, 11) is 0. The van der Waals surface area contributed by atoms with Gasteiger partial charge in [0.2, 0.25) is 0 Å². The molecule has 0 unspecified atom stereocenters. The van der Waals surface area contributed by atoms with Gasteiger partial charge in [-0.3, -0.25) is 0 Å². The summed E-state index contributed by atoms with van der Waals surface area (Å²) in [6.07, 6.45) is 1.73. The molecule has 1 aromatic heterocycles. The van der Waals surface area contributed by atoms with E-state index in [1.54, 1.807) is 19.1 Å². The molecule has 0 amide bonds. The number of phenols is 1. The Bertz CT molecular complexity index is 812. The number of fused-ring (bicyclic) bond motifs is 1. The molecule has 1 spiro atoms. The molecular weight excluding hydrogens is 310 g/mol. The van der Waals surface area contributed by atoms with Crippen molar-refractivity contribution in [2.24, 2.45) is 0 Å². The predicted molar refractivity (Wildman–Crippen MR) is 87.2 cm³/mol. The van der Waals surface area contributed by atoms with Crippen LogP contribution in [0.1, 0.15) is 24.0 Å². The van der Waals surface area contributed by atoms with Crippen molar-refractivity contribution in [3.05, 3.63) is 39.7 Å². The van der Waals surface area contributed by atoms with Gasteiger partial charge in [0.15, 0.2) is 5.79 Å². The highest BCUT2D eigenvalue weighted by molar-refractivity contribution is 5.82. The van der Waals surface area contributed by atoms with E-state index in [0.29, 0.717) is 24.4 Å². The van der Waals surface area contributed by atoms with Gasteiger partial charge < -0.3 is 23.9 Å². The third-order valence-corrected chi connectivity index (χ3v) is 5.12. The van der Waals surface area contributed by atoms with Crippen molar-refractivity contribution in [2.45, 2.75) is 32.1 Å². The molecule has 1 aromatic carbocycles. The normalized spacial score (nSPS) is 20.9. The first-order chi connectivity index (χ1) is 11.5. The van der Waals surface area contributed by atoms with Gasteiger partial charge in [-0.25, -0.2) is 4.79 Å². The van der Waals surface area contributed by atoms with E-state index in [4.69, 9.17) is 13.9 Å². The summed E-state index contributed by atoms with van der Waals surface area (Å²) < 4.78 is 16.8. The Balaban J connectivity index is 1.58. The average Bonchev–Trinajstić information content (AvgIpc) is 3.00. The van der Waals surface area contributed by atoms with Crippen LogP contribution in [0.25, 0.3) is 11.0 Å². The number of quaternary nitrogens is 1. The molecule has 2 aromatic rings. The number of aryl methyl sites for hydroxylation is 1. The van der Waals surface area contributed by atoms with Gasteiger partial charge in [-0.15, -0.1) is 0 Å². The van der Waals surface area contributed by atoms with Gasteiger partial charge in [0.05, 0.1) is 39.1 Å². The molecule has 2 aliphatic rings. The SMILES string of the molecule is Cc1cc2oc(=O)cc(C[NH+]3CCC4(CC3)OCCO4)c2cc1O. The smallest absolute Gasteiger partial charge is 0.336 e. The van der Waals surface area contributed by atoms with Gasteiger partial charge in [0, 0.05) is 17.0 Å². The molecule has 0 bridgehead atoms. The molecule has 24 heavy (non-hydrogen) atoms. The second kappa shape index (κ2) is 5.88. The number of rotatable bonds is 2. The van der Waals surface area contributed by atoms with E-state index in [1.807, 2.05) is 0 Å². The lowest BCUT2D eigenvalue weighted by Crippen LogP contribution is -3.12. The van der Waals surface area contributed by atoms with Gasteiger partial charge in [0.25, 0.3) is 0 Å². The number of benzene rings is 1. The van der Waals surface area contributed by atoms with Crippen LogP contribution >= 0.6 is 0 Å². The Morgan fingerprint density at radius 2 is 1.88 bits per heavy atom. The van der Waals surface area contributed by atoms with Gasteiger partial charge in [-0.1, -0.05) is 0 Å². The molecule has 2 saturated heterocycles. The lowest BCUT2D eigenvalue weighted by atomic mass is 10.0. The third-order valence-electron chi connectivity index (χ3n) is 5.12. The van der Waals surface area contributed by atoms with Crippen LogP contribution in [0.3, 0.4) is 0 Å². The minimum absolute atomic E-state index is 0.220. The monoisotopic (exact) mass is 332 g/mol. The predicted octanol–water partition coefficient (Wildman–Crippen LogP) is 0.729. The van der Waals surface area contributed by atoms with E-state index in [-0.39, 0.29) is 17.2 Å². The van der Waals surface area contributed by atoms with E-state index < -0.39 is 0 Å². The van der Waals surface area contributed by atoms with Crippen LogP contribution in [0.2, 0.25) is 0 Å². The molecule has 2 fully saturated rings. The maximum atomic E-state index is 11.9. The maximum absolute atomic E-state index is 11.9. The zero-order valence-electron chi connectivity index (χ0n) is 13.8. The van der Waals surface area contributed by atoms with Crippen molar-refractivity contribution in [2.75, 3.05) is 26.3 Å². The molecule has 128 valence electrons. The molecule has 0 radical (unpaired) electrons. The highest BCUT2D eigenvalue weighted by atomic mass is 16.7. The van der Waals surface area contributed by atoms with E-state index >= 15 is 0 Å². The number of hydrogen-bond donors (Lipinski definition) is 2. The Morgan fingerprint density at radius 3 is 2.58 bits per heavy atom. The first-order valence-electron chi connectivity index (χ1n) is 8.42. The second-order valence-corrected chi connectivity index (χ2v) is 6.76. The van der Waals surface area contributed by atoms with Crippen LogP contribution < -0.4 is 10.5 Å². The van der Waals surface area contributed by atoms with Crippen LogP contribution in [0.5, 0.6) is 5.75 Å². The number of nitrogens with one attached hydrogen (secondary N) is 1. The zero-order chi connectivity index (χ0) is 16.7. The molecule has 0 saturated carbocycles. The van der Waals surface area contributed by atoms with Crippen LogP contribution in [0.15, 0.2) is 27.4 Å². The Labute approximate surface area is 139 Å². The Morgan fingerprint density at radius 1 is 1.17 bits per heavy atom. The van der Waals surface area contributed by atoms with Crippen LogP contribution in [-0.2, 0) is 16.0 Å². The van der Waals surface area contributed by atoms with E-state index in [9.17, 15) is 9.90 Å². The molecule has 4 rings (SSSR count). The first kappa shape index (κ1) is 15.6. The summed E-state index contributed by atoms with van der Waals surface area (Å²) in [4.78, 5) is 13.2. The minimum Gasteiger partial charge on any atom is -0.508 e. The Hall–Kier alpha value is -1.89. The summed E-state index contributed by atoms with van der Waals surface area (Å²) in [5.74, 6) is -0.158. The van der Waals surface area contributed by atoms with Crippen molar-refractivity contribution < 1.29 is 23.9 Å². The molecular formula is C18H22NO5+.